The molecule has 0 aliphatic rings. The number of amides is 2. The number of benzene rings is 3. The molecule has 3 aromatic carbocycles. The average Bonchev–Trinajstić information content (AvgIpc) is 2.85. The lowest BCUT2D eigenvalue weighted by atomic mass is 10.0. The van der Waals surface area contributed by atoms with Gasteiger partial charge < -0.3 is 15.3 Å². The molecule has 33 heavy (non-hydrogen) atoms. The third-order valence-electron chi connectivity index (χ3n) is 5.24. The Morgan fingerprint density at radius 3 is 2.12 bits per heavy atom. The molecule has 0 bridgehead atoms. The molecule has 0 aliphatic carbocycles. The molecule has 1 atom stereocenters. The maximum atomic E-state index is 13.4. The Hall–Kier alpha value is -3.38. The van der Waals surface area contributed by atoms with Crippen molar-refractivity contribution in [2.24, 2.45) is 0 Å². The highest BCUT2D eigenvalue weighted by atomic mass is 79.9. The lowest BCUT2D eigenvalue weighted by molar-refractivity contribution is -0.138. The standard InChI is InChI=1S/C27H27BrN2O3/c1-20(18-28)27(33)30(19-22-8-4-2-5-9-22)25(23-10-6-3-7-11-23)26(32)29-17-16-21-12-14-24(31)15-13-21/h2-15,25,31H,1,16-19H2,(H,29,32). The van der Waals surface area contributed by atoms with Crippen LogP contribution in [0.4, 0.5) is 0 Å². The Labute approximate surface area is 202 Å². The van der Waals surface area contributed by atoms with Gasteiger partial charge in [-0.25, -0.2) is 0 Å². The van der Waals surface area contributed by atoms with Gasteiger partial charge in [0.25, 0.3) is 5.91 Å². The summed E-state index contributed by atoms with van der Waals surface area (Å²) in [6.45, 7) is 4.57. The summed E-state index contributed by atoms with van der Waals surface area (Å²) >= 11 is 3.32. The van der Waals surface area contributed by atoms with Crippen LogP contribution in [0.2, 0.25) is 0 Å². The van der Waals surface area contributed by atoms with Crippen LogP contribution in [0.5, 0.6) is 5.75 Å². The third kappa shape index (κ3) is 6.80. The van der Waals surface area contributed by atoms with E-state index in [0.717, 1.165) is 16.7 Å². The molecule has 0 aromatic heterocycles. The smallest absolute Gasteiger partial charge is 0.251 e. The molecule has 0 spiro atoms. The molecule has 1 unspecified atom stereocenters. The van der Waals surface area contributed by atoms with Crippen molar-refractivity contribution in [2.45, 2.75) is 19.0 Å². The molecule has 6 heteroatoms. The molecule has 3 rings (SSSR count). The zero-order valence-corrected chi connectivity index (χ0v) is 19.9. The van der Waals surface area contributed by atoms with E-state index in [1.165, 1.54) is 0 Å². The van der Waals surface area contributed by atoms with Gasteiger partial charge >= 0.3 is 0 Å². The molecule has 170 valence electrons. The molecule has 2 amide bonds. The molecule has 0 saturated carbocycles. The SMILES string of the molecule is C=C(CBr)C(=O)N(Cc1ccccc1)C(C(=O)NCCc1ccc(O)cc1)c1ccccc1. The number of phenolic OH excluding ortho intramolecular Hbond substituents is 1. The van der Waals surface area contributed by atoms with Gasteiger partial charge in [-0.3, -0.25) is 9.59 Å². The van der Waals surface area contributed by atoms with E-state index in [1.807, 2.05) is 72.8 Å². The minimum Gasteiger partial charge on any atom is -0.508 e. The van der Waals surface area contributed by atoms with Gasteiger partial charge in [-0.05, 0) is 35.2 Å². The summed E-state index contributed by atoms with van der Waals surface area (Å²) in [6.07, 6.45) is 0.605. The minimum atomic E-state index is -0.811. The number of carbonyl (C=O) groups is 2. The van der Waals surface area contributed by atoms with Crippen molar-refractivity contribution in [3.05, 3.63) is 114 Å². The molecule has 0 heterocycles. The average molecular weight is 507 g/mol. The first kappa shape index (κ1) is 24.3. The molecule has 5 nitrogen and oxygen atoms in total. The molecular weight excluding hydrogens is 480 g/mol. The predicted octanol–water partition coefficient (Wildman–Crippen LogP) is 4.77. The van der Waals surface area contributed by atoms with Gasteiger partial charge in [0.15, 0.2) is 0 Å². The van der Waals surface area contributed by atoms with Crippen LogP contribution in [-0.4, -0.2) is 33.7 Å². The largest absolute Gasteiger partial charge is 0.508 e. The van der Waals surface area contributed by atoms with Crippen molar-refractivity contribution in [1.82, 2.24) is 10.2 Å². The Kier molecular flexibility index (Phi) is 8.84. The summed E-state index contributed by atoms with van der Waals surface area (Å²) in [4.78, 5) is 28.3. The summed E-state index contributed by atoms with van der Waals surface area (Å²) in [5, 5.41) is 12.8. The Morgan fingerprint density at radius 2 is 1.52 bits per heavy atom. The number of halogens is 1. The number of hydrogen-bond donors (Lipinski definition) is 2. The summed E-state index contributed by atoms with van der Waals surface area (Å²) in [5.74, 6) is -0.334. The zero-order chi connectivity index (χ0) is 23.6. The van der Waals surface area contributed by atoms with Gasteiger partial charge in [-0.15, -0.1) is 0 Å². The van der Waals surface area contributed by atoms with Gasteiger partial charge in [0.1, 0.15) is 11.8 Å². The number of rotatable bonds is 10. The highest BCUT2D eigenvalue weighted by Crippen LogP contribution is 2.25. The van der Waals surface area contributed by atoms with Crippen LogP contribution in [0, 0.1) is 0 Å². The van der Waals surface area contributed by atoms with Gasteiger partial charge in [-0.2, -0.15) is 0 Å². The maximum absolute atomic E-state index is 13.4. The van der Waals surface area contributed by atoms with E-state index in [-0.39, 0.29) is 24.1 Å². The summed E-state index contributed by atoms with van der Waals surface area (Å²) in [6, 6.07) is 25.0. The highest BCUT2D eigenvalue weighted by molar-refractivity contribution is 9.09. The third-order valence-corrected chi connectivity index (χ3v) is 5.92. The van der Waals surface area contributed by atoms with E-state index >= 15 is 0 Å². The monoisotopic (exact) mass is 506 g/mol. The second-order valence-corrected chi connectivity index (χ2v) is 8.24. The number of phenols is 1. The van der Waals surface area contributed by atoms with E-state index in [4.69, 9.17) is 0 Å². The van der Waals surface area contributed by atoms with Crippen LogP contribution >= 0.6 is 15.9 Å². The molecule has 3 aromatic rings. The van der Waals surface area contributed by atoms with Gasteiger partial charge in [-0.1, -0.05) is 95.3 Å². The van der Waals surface area contributed by atoms with Crippen molar-refractivity contribution in [1.29, 1.82) is 0 Å². The first-order valence-corrected chi connectivity index (χ1v) is 11.8. The number of nitrogens with zero attached hydrogens (tertiary/aromatic N) is 1. The normalized spacial score (nSPS) is 11.4. The van der Waals surface area contributed by atoms with Gasteiger partial charge in [0.2, 0.25) is 5.91 Å². The second-order valence-electron chi connectivity index (χ2n) is 7.68. The fourth-order valence-electron chi connectivity index (χ4n) is 3.52. The minimum absolute atomic E-state index is 0.203. The predicted molar refractivity (Wildman–Crippen MR) is 134 cm³/mol. The lowest BCUT2D eigenvalue weighted by Gasteiger charge is -2.32. The zero-order valence-electron chi connectivity index (χ0n) is 18.3. The Morgan fingerprint density at radius 1 is 0.909 bits per heavy atom. The van der Waals surface area contributed by atoms with E-state index < -0.39 is 6.04 Å². The first-order chi connectivity index (χ1) is 16.0. The summed E-state index contributed by atoms with van der Waals surface area (Å²) in [7, 11) is 0. The second kappa shape index (κ2) is 12.0. The van der Waals surface area contributed by atoms with Crippen LogP contribution in [0.15, 0.2) is 97.1 Å². The van der Waals surface area contributed by atoms with Crippen LogP contribution in [0.25, 0.3) is 0 Å². The van der Waals surface area contributed by atoms with Crippen molar-refractivity contribution >= 4 is 27.7 Å². The number of aromatic hydroxyl groups is 1. The topological polar surface area (TPSA) is 69.6 Å². The fourth-order valence-corrected chi connectivity index (χ4v) is 3.76. The molecule has 0 aliphatic heterocycles. The Balaban J connectivity index is 1.86. The van der Waals surface area contributed by atoms with Gasteiger partial charge in [0.05, 0.1) is 0 Å². The number of nitrogens with one attached hydrogen (secondary N) is 1. The van der Waals surface area contributed by atoms with Gasteiger partial charge in [0, 0.05) is 24.0 Å². The number of alkyl halides is 1. The highest BCUT2D eigenvalue weighted by Gasteiger charge is 2.32. The van der Waals surface area contributed by atoms with E-state index in [1.54, 1.807) is 17.0 Å². The maximum Gasteiger partial charge on any atom is 0.251 e. The van der Waals surface area contributed by atoms with Crippen molar-refractivity contribution in [3.63, 3.8) is 0 Å². The fraction of sp³-hybridized carbons (Fsp3) is 0.185. The van der Waals surface area contributed by atoms with Crippen molar-refractivity contribution in [2.75, 3.05) is 11.9 Å². The summed E-state index contributed by atoms with van der Waals surface area (Å²) in [5.41, 5.74) is 3.02. The van der Waals surface area contributed by atoms with Crippen LogP contribution in [-0.2, 0) is 22.6 Å². The quantitative estimate of drug-likeness (QED) is 0.307. The molecule has 0 saturated heterocycles. The van der Waals surface area contributed by atoms with Crippen molar-refractivity contribution in [3.8, 4) is 5.75 Å². The van der Waals surface area contributed by atoms with Crippen molar-refractivity contribution < 1.29 is 14.7 Å². The van der Waals surface area contributed by atoms with E-state index in [9.17, 15) is 14.7 Å². The number of carbonyl (C=O) groups excluding carboxylic acids is 2. The van der Waals surface area contributed by atoms with E-state index in [2.05, 4.69) is 27.8 Å². The molecule has 0 fully saturated rings. The van der Waals surface area contributed by atoms with Crippen LogP contribution < -0.4 is 5.32 Å². The molecular formula is C27H27BrN2O3. The van der Waals surface area contributed by atoms with E-state index in [0.29, 0.717) is 23.9 Å². The summed E-state index contributed by atoms with van der Waals surface area (Å²) < 4.78 is 0. The molecule has 2 N–H and O–H groups in total. The first-order valence-electron chi connectivity index (χ1n) is 10.7. The molecule has 0 radical (unpaired) electrons. The lowest BCUT2D eigenvalue weighted by Crippen LogP contribution is -2.44. The Bertz CT molecular complexity index is 1070. The van der Waals surface area contributed by atoms with Crippen LogP contribution in [0.1, 0.15) is 22.7 Å². The van der Waals surface area contributed by atoms with Crippen LogP contribution in [0.3, 0.4) is 0 Å². The number of hydrogen-bond acceptors (Lipinski definition) is 3.